The van der Waals surface area contributed by atoms with Gasteiger partial charge in [-0.3, -0.25) is 9.97 Å². The molecule has 1 unspecified atom stereocenters. The molecule has 2 aromatic rings. The fourth-order valence-corrected chi connectivity index (χ4v) is 2.76. The minimum atomic E-state index is -0.625. The molecule has 2 heterocycles. The third kappa shape index (κ3) is 3.34. The van der Waals surface area contributed by atoms with Gasteiger partial charge in [0.25, 0.3) is 0 Å². The molecule has 0 aromatic carbocycles. The first kappa shape index (κ1) is 12.7. The molecule has 0 bridgehead atoms. The lowest BCUT2D eigenvalue weighted by atomic mass is 10.1. The highest BCUT2D eigenvalue weighted by Crippen LogP contribution is 2.26. The average molecular weight is 358 g/mol. The van der Waals surface area contributed by atoms with E-state index in [0.29, 0.717) is 12.1 Å². The maximum Gasteiger partial charge on any atom is 0.101 e. The van der Waals surface area contributed by atoms with Gasteiger partial charge in [-0.15, -0.1) is 0 Å². The van der Waals surface area contributed by atoms with Crippen LogP contribution in [0.2, 0.25) is 0 Å². The van der Waals surface area contributed by atoms with Crippen molar-refractivity contribution >= 4 is 31.9 Å². The van der Waals surface area contributed by atoms with Crippen molar-refractivity contribution in [2.75, 3.05) is 0 Å². The first-order chi connectivity index (χ1) is 8.16. The largest absolute Gasteiger partial charge is 0.386 e. The smallest absolute Gasteiger partial charge is 0.101 e. The SMILES string of the molecule is OC(Cc1ccncc1)c1ncc(Br)cc1Br. The Morgan fingerprint density at radius 2 is 1.94 bits per heavy atom. The van der Waals surface area contributed by atoms with E-state index >= 15 is 0 Å². The van der Waals surface area contributed by atoms with E-state index in [1.807, 2.05) is 18.2 Å². The van der Waals surface area contributed by atoms with Gasteiger partial charge in [0.2, 0.25) is 0 Å². The summed E-state index contributed by atoms with van der Waals surface area (Å²) >= 11 is 6.73. The van der Waals surface area contributed by atoms with E-state index in [-0.39, 0.29) is 0 Å². The van der Waals surface area contributed by atoms with E-state index in [0.717, 1.165) is 14.5 Å². The van der Waals surface area contributed by atoms with Crippen molar-refractivity contribution < 1.29 is 5.11 Å². The van der Waals surface area contributed by atoms with Gasteiger partial charge in [0.1, 0.15) is 6.10 Å². The Kier molecular flexibility index (Phi) is 4.25. The average Bonchev–Trinajstić information content (AvgIpc) is 2.30. The summed E-state index contributed by atoms with van der Waals surface area (Å²) in [6.07, 6.45) is 5.00. The van der Waals surface area contributed by atoms with Crippen LogP contribution in [0.15, 0.2) is 45.7 Å². The number of nitrogens with zero attached hydrogens (tertiary/aromatic N) is 2. The van der Waals surface area contributed by atoms with Crippen LogP contribution in [0.25, 0.3) is 0 Å². The lowest BCUT2D eigenvalue weighted by molar-refractivity contribution is 0.172. The Bertz CT molecular complexity index is 505. The van der Waals surface area contributed by atoms with Crippen LogP contribution in [0.4, 0.5) is 0 Å². The third-order valence-electron chi connectivity index (χ3n) is 2.33. The van der Waals surface area contributed by atoms with E-state index in [9.17, 15) is 5.11 Å². The zero-order valence-electron chi connectivity index (χ0n) is 8.85. The molecule has 1 N–H and O–H groups in total. The quantitative estimate of drug-likeness (QED) is 0.916. The Balaban J connectivity index is 2.17. The number of aliphatic hydroxyl groups excluding tert-OH is 1. The second-order valence-electron chi connectivity index (χ2n) is 3.60. The number of pyridine rings is 2. The predicted molar refractivity (Wildman–Crippen MR) is 72.5 cm³/mol. The standard InChI is InChI=1S/C12H10Br2N2O/c13-9-6-10(14)12(16-7-9)11(17)5-8-1-3-15-4-2-8/h1-4,6-7,11,17H,5H2. The van der Waals surface area contributed by atoms with Crippen molar-refractivity contribution in [3.05, 3.63) is 57.0 Å². The van der Waals surface area contributed by atoms with Gasteiger partial charge in [0.05, 0.1) is 5.69 Å². The number of hydrogen-bond donors (Lipinski definition) is 1. The summed E-state index contributed by atoms with van der Waals surface area (Å²) in [4.78, 5) is 8.16. The van der Waals surface area contributed by atoms with Crippen molar-refractivity contribution in [1.82, 2.24) is 9.97 Å². The van der Waals surface area contributed by atoms with Gasteiger partial charge in [-0.1, -0.05) is 0 Å². The van der Waals surface area contributed by atoms with Gasteiger partial charge in [-0.25, -0.2) is 0 Å². The molecule has 0 radical (unpaired) electrons. The molecule has 0 spiro atoms. The molecule has 2 aromatic heterocycles. The molecule has 0 aliphatic heterocycles. The van der Waals surface area contributed by atoms with Crippen LogP contribution < -0.4 is 0 Å². The zero-order chi connectivity index (χ0) is 12.3. The maximum absolute atomic E-state index is 10.1. The molecule has 0 saturated carbocycles. The number of rotatable bonds is 3. The van der Waals surface area contributed by atoms with Crippen molar-refractivity contribution in [3.63, 3.8) is 0 Å². The van der Waals surface area contributed by atoms with Crippen molar-refractivity contribution in [1.29, 1.82) is 0 Å². The zero-order valence-corrected chi connectivity index (χ0v) is 12.0. The Morgan fingerprint density at radius 1 is 1.24 bits per heavy atom. The van der Waals surface area contributed by atoms with E-state index in [4.69, 9.17) is 0 Å². The first-order valence-corrected chi connectivity index (χ1v) is 6.63. The summed E-state index contributed by atoms with van der Waals surface area (Å²) in [5.41, 5.74) is 1.68. The van der Waals surface area contributed by atoms with Gasteiger partial charge in [-0.05, 0) is 55.6 Å². The molecule has 1 atom stereocenters. The molecule has 0 aliphatic rings. The first-order valence-electron chi connectivity index (χ1n) is 5.04. The highest BCUT2D eigenvalue weighted by Gasteiger charge is 2.13. The molecular formula is C12H10Br2N2O. The normalized spacial score (nSPS) is 12.4. The molecule has 88 valence electrons. The van der Waals surface area contributed by atoms with Gasteiger partial charge < -0.3 is 5.11 Å². The van der Waals surface area contributed by atoms with E-state index in [2.05, 4.69) is 41.8 Å². The van der Waals surface area contributed by atoms with Crippen LogP contribution in [0.3, 0.4) is 0 Å². The van der Waals surface area contributed by atoms with Gasteiger partial charge in [0.15, 0.2) is 0 Å². The van der Waals surface area contributed by atoms with Crippen LogP contribution >= 0.6 is 31.9 Å². The molecular weight excluding hydrogens is 348 g/mol. The maximum atomic E-state index is 10.1. The Labute approximate surface area is 116 Å². The number of halogens is 2. The predicted octanol–water partition coefficient (Wildman–Crippen LogP) is 3.28. The summed E-state index contributed by atoms with van der Waals surface area (Å²) in [6.45, 7) is 0. The molecule has 17 heavy (non-hydrogen) atoms. The fraction of sp³-hybridized carbons (Fsp3) is 0.167. The van der Waals surface area contributed by atoms with E-state index in [1.54, 1.807) is 18.6 Å². The summed E-state index contributed by atoms with van der Waals surface area (Å²) in [5.74, 6) is 0. The van der Waals surface area contributed by atoms with Crippen LogP contribution in [0.1, 0.15) is 17.4 Å². The molecule has 0 fully saturated rings. The van der Waals surface area contributed by atoms with Gasteiger partial charge >= 0.3 is 0 Å². The van der Waals surface area contributed by atoms with E-state index < -0.39 is 6.10 Å². The van der Waals surface area contributed by atoms with Crippen LogP contribution in [0, 0.1) is 0 Å². The Hall–Kier alpha value is -0.780. The molecule has 5 heteroatoms. The van der Waals surface area contributed by atoms with Crippen molar-refractivity contribution in [2.45, 2.75) is 12.5 Å². The van der Waals surface area contributed by atoms with Gasteiger partial charge in [-0.2, -0.15) is 0 Å². The monoisotopic (exact) mass is 356 g/mol. The summed E-state index contributed by atoms with van der Waals surface area (Å²) in [5, 5.41) is 10.1. The lowest BCUT2D eigenvalue weighted by Crippen LogP contribution is -2.05. The highest BCUT2D eigenvalue weighted by molar-refractivity contribution is 9.11. The molecule has 0 saturated heterocycles. The van der Waals surface area contributed by atoms with E-state index in [1.165, 1.54) is 0 Å². The number of aliphatic hydroxyl groups is 1. The fourth-order valence-electron chi connectivity index (χ4n) is 1.51. The minimum Gasteiger partial charge on any atom is -0.386 e. The second kappa shape index (κ2) is 5.71. The van der Waals surface area contributed by atoms with Crippen LogP contribution in [-0.4, -0.2) is 15.1 Å². The molecule has 2 rings (SSSR count). The highest BCUT2D eigenvalue weighted by atomic mass is 79.9. The van der Waals surface area contributed by atoms with Crippen molar-refractivity contribution in [2.24, 2.45) is 0 Å². The summed E-state index contributed by atoms with van der Waals surface area (Å²) < 4.78 is 1.68. The molecule has 0 aliphatic carbocycles. The number of aromatic nitrogens is 2. The lowest BCUT2D eigenvalue weighted by Gasteiger charge is -2.11. The minimum absolute atomic E-state index is 0.524. The third-order valence-corrected chi connectivity index (χ3v) is 3.40. The van der Waals surface area contributed by atoms with Crippen LogP contribution in [0.5, 0.6) is 0 Å². The summed E-state index contributed by atoms with van der Waals surface area (Å²) in [6, 6.07) is 5.64. The topological polar surface area (TPSA) is 46.0 Å². The summed E-state index contributed by atoms with van der Waals surface area (Å²) in [7, 11) is 0. The second-order valence-corrected chi connectivity index (χ2v) is 5.37. The van der Waals surface area contributed by atoms with Crippen molar-refractivity contribution in [3.8, 4) is 0 Å². The molecule has 0 amide bonds. The van der Waals surface area contributed by atoms with Gasteiger partial charge in [0, 0.05) is 34.0 Å². The molecule has 3 nitrogen and oxygen atoms in total. The van der Waals surface area contributed by atoms with Crippen LogP contribution in [-0.2, 0) is 6.42 Å². The number of hydrogen-bond acceptors (Lipinski definition) is 3. The Morgan fingerprint density at radius 3 is 2.59 bits per heavy atom.